The molecule has 1 aromatic rings. The molecule has 0 aromatic heterocycles. The first kappa shape index (κ1) is 12.9. The van der Waals surface area contributed by atoms with Crippen LogP contribution in [-0.2, 0) is 20.2 Å². The summed E-state index contributed by atoms with van der Waals surface area (Å²) >= 11 is 0. The van der Waals surface area contributed by atoms with Crippen LogP contribution in [0.3, 0.4) is 0 Å². The van der Waals surface area contributed by atoms with Crippen LogP contribution >= 0.6 is 0 Å². The Balaban J connectivity index is 1.92. The van der Waals surface area contributed by atoms with Gasteiger partial charge in [0, 0.05) is 5.41 Å². The molecule has 4 heteroatoms. The van der Waals surface area contributed by atoms with Gasteiger partial charge in [-0.2, -0.15) is 0 Å². The summed E-state index contributed by atoms with van der Waals surface area (Å²) in [5.41, 5.74) is 0.453. The summed E-state index contributed by atoms with van der Waals surface area (Å²) in [6.45, 7) is 8.23. The number of aromatic hydroxyl groups is 1. The van der Waals surface area contributed by atoms with Gasteiger partial charge in [-0.25, -0.2) is 0 Å². The lowest BCUT2D eigenvalue weighted by atomic mass is 9.67. The van der Waals surface area contributed by atoms with Crippen LogP contribution in [0.4, 0.5) is 0 Å². The quantitative estimate of drug-likeness (QED) is 0.847. The van der Waals surface area contributed by atoms with Gasteiger partial charge in [-0.05, 0) is 17.5 Å². The molecular formula is C15H20O4. The molecule has 2 bridgehead atoms. The Bertz CT molecular complexity index is 465. The monoisotopic (exact) mass is 264 g/mol. The van der Waals surface area contributed by atoms with E-state index >= 15 is 0 Å². The van der Waals surface area contributed by atoms with Crippen LogP contribution in [0.1, 0.15) is 26.3 Å². The topological polar surface area (TPSA) is 47.9 Å². The summed E-state index contributed by atoms with van der Waals surface area (Å²) in [4.78, 5) is 0. The van der Waals surface area contributed by atoms with Crippen molar-refractivity contribution in [3.8, 4) is 5.75 Å². The molecule has 4 nitrogen and oxygen atoms in total. The number of hydrogen-bond donors (Lipinski definition) is 1. The molecule has 0 unspecified atom stereocenters. The largest absolute Gasteiger partial charge is 0.507 e. The molecule has 3 aliphatic heterocycles. The summed E-state index contributed by atoms with van der Waals surface area (Å²) < 4.78 is 17.6. The van der Waals surface area contributed by atoms with E-state index in [-0.39, 0.29) is 16.6 Å². The number of benzene rings is 1. The van der Waals surface area contributed by atoms with Gasteiger partial charge < -0.3 is 19.3 Å². The third-order valence-electron chi connectivity index (χ3n) is 4.44. The zero-order valence-corrected chi connectivity index (χ0v) is 11.6. The van der Waals surface area contributed by atoms with Gasteiger partial charge in [0.05, 0.1) is 25.4 Å². The van der Waals surface area contributed by atoms with Gasteiger partial charge in [-0.15, -0.1) is 0 Å². The summed E-state index contributed by atoms with van der Waals surface area (Å²) in [7, 11) is 0. The second-order valence-corrected chi connectivity index (χ2v) is 6.47. The highest BCUT2D eigenvalue weighted by atomic mass is 16.9. The Labute approximate surface area is 113 Å². The van der Waals surface area contributed by atoms with E-state index in [4.69, 9.17) is 14.2 Å². The lowest BCUT2D eigenvalue weighted by Gasteiger charge is -2.56. The molecule has 0 atom stereocenters. The fourth-order valence-corrected chi connectivity index (χ4v) is 2.56. The van der Waals surface area contributed by atoms with E-state index in [1.807, 2.05) is 6.07 Å². The minimum atomic E-state index is -1.24. The molecule has 1 aromatic carbocycles. The number of phenolic OH excluding ortho intramolecular Hbond substituents is 1. The van der Waals surface area contributed by atoms with Crippen LogP contribution < -0.4 is 0 Å². The molecular weight excluding hydrogens is 244 g/mol. The molecule has 3 heterocycles. The van der Waals surface area contributed by atoms with E-state index in [1.165, 1.54) is 0 Å². The SMILES string of the molecule is CC(C)(C)C12COC(c3ccccc3O)(OC1)OC2. The Morgan fingerprint density at radius 3 is 2.00 bits per heavy atom. The smallest absolute Gasteiger partial charge is 0.315 e. The summed E-state index contributed by atoms with van der Waals surface area (Å²) in [6.07, 6.45) is 0. The summed E-state index contributed by atoms with van der Waals surface area (Å²) in [6, 6.07) is 6.98. The fourth-order valence-electron chi connectivity index (χ4n) is 2.56. The summed E-state index contributed by atoms with van der Waals surface area (Å²) in [5, 5.41) is 9.96. The highest BCUT2D eigenvalue weighted by Crippen LogP contribution is 2.52. The molecule has 0 radical (unpaired) electrons. The summed E-state index contributed by atoms with van der Waals surface area (Å²) in [5.74, 6) is -1.11. The van der Waals surface area contributed by atoms with E-state index in [0.29, 0.717) is 25.4 Å². The molecule has 19 heavy (non-hydrogen) atoms. The molecule has 104 valence electrons. The Morgan fingerprint density at radius 1 is 1.00 bits per heavy atom. The minimum absolute atomic E-state index is 0.0400. The first-order valence-electron chi connectivity index (χ1n) is 6.59. The molecule has 1 N–H and O–H groups in total. The van der Waals surface area contributed by atoms with Crippen LogP contribution in [0, 0.1) is 10.8 Å². The van der Waals surface area contributed by atoms with Crippen molar-refractivity contribution in [2.24, 2.45) is 10.8 Å². The van der Waals surface area contributed by atoms with Crippen molar-refractivity contribution < 1.29 is 19.3 Å². The number of ether oxygens (including phenoxy) is 3. The maximum absolute atomic E-state index is 9.96. The molecule has 3 aliphatic rings. The normalized spacial score (nSPS) is 34.5. The van der Waals surface area contributed by atoms with Crippen LogP contribution in [-0.4, -0.2) is 24.9 Å². The van der Waals surface area contributed by atoms with Crippen molar-refractivity contribution in [2.45, 2.75) is 26.7 Å². The van der Waals surface area contributed by atoms with Crippen molar-refractivity contribution >= 4 is 0 Å². The number of para-hydroxylation sites is 1. The lowest BCUT2D eigenvalue weighted by Crippen LogP contribution is -2.62. The molecule has 3 fully saturated rings. The number of hydrogen-bond acceptors (Lipinski definition) is 4. The number of phenols is 1. The van der Waals surface area contributed by atoms with Crippen molar-refractivity contribution in [1.82, 2.24) is 0 Å². The van der Waals surface area contributed by atoms with Crippen molar-refractivity contribution in [3.05, 3.63) is 29.8 Å². The van der Waals surface area contributed by atoms with Crippen LogP contribution in [0.5, 0.6) is 5.75 Å². The van der Waals surface area contributed by atoms with Crippen molar-refractivity contribution in [1.29, 1.82) is 0 Å². The van der Waals surface area contributed by atoms with Gasteiger partial charge in [0.1, 0.15) is 5.75 Å². The number of rotatable bonds is 1. The molecule has 0 spiro atoms. The first-order valence-corrected chi connectivity index (χ1v) is 6.59. The zero-order valence-electron chi connectivity index (χ0n) is 11.6. The van der Waals surface area contributed by atoms with Gasteiger partial charge in [0.2, 0.25) is 0 Å². The minimum Gasteiger partial charge on any atom is -0.507 e. The van der Waals surface area contributed by atoms with E-state index in [1.54, 1.807) is 18.2 Å². The Kier molecular flexibility index (Phi) is 2.68. The molecule has 4 rings (SSSR count). The number of fused-ring (bicyclic) bond motifs is 3. The van der Waals surface area contributed by atoms with Crippen LogP contribution in [0.25, 0.3) is 0 Å². The predicted molar refractivity (Wildman–Crippen MR) is 69.5 cm³/mol. The average molecular weight is 264 g/mol. The zero-order chi connectivity index (χ0) is 13.7. The van der Waals surface area contributed by atoms with E-state index in [9.17, 15) is 5.11 Å². The standard InChI is InChI=1S/C15H20O4/c1-13(2,3)14-8-17-15(18-9-14,19-10-14)11-6-4-5-7-12(11)16/h4-7,16H,8-10H2,1-3H3. The highest BCUT2D eigenvalue weighted by Gasteiger charge is 2.58. The van der Waals surface area contributed by atoms with Crippen molar-refractivity contribution in [2.75, 3.05) is 19.8 Å². The van der Waals surface area contributed by atoms with Gasteiger partial charge in [0.15, 0.2) is 0 Å². The van der Waals surface area contributed by atoms with Gasteiger partial charge >= 0.3 is 5.97 Å². The average Bonchev–Trinajstić information content (AvgIpc) is 2.40. The molecule has 0 amide bonds. The Hall–Kier alpha value is -1.10. The van der Waals surface area contributed by atoms with Crippen molar-refractivity contribution in [3.63, 3.8) is 0 Å². The second kappa shape index (κ2) is 3.95. The van der Waals surface area contributed by atoms with Crippen LogP contribution in [0.2, 0.25) is 0 Å². The van der Waals surface area contributed by atoms with E-state index < -0.39 is 5.97 Å². The van der Waals surface area contributed by atoms with Gasteiger partial charge in [0.25, 0.3) is 0 Å². The molecule has 0 aliphatic carbocycles. The maximum atomic E-state index is 9.96. The Morgan fingerprint density at radius 2 is 1.53 bits per heavy atom. The van der Waals surface area contributed by atoms with Gasteiger partial charge in [-0.1, -0.05) is 32.9 Å². The van der Waals surface area contributed by atoms with E-state index in [2.05, 4.69) is 20.8 Å². The molecule has 3 saturated heterocycles. The van der Waals surface area contributed by atoms with Gasteiger partial charge in [-0.3, -0.25) is 0 Å². The lowest BCUT2D eigenvalue weighted by molar-refractivity contribution is -0.489. The fraction of sp³-hybridized carbons (Fsp3) is 0.600. The van der Waals surface area contributed by atoms with E-state index in [0.717, 1.165) is 0 Å². The third kappa shape index (κ3) is 1.78. The highest BCUT2D eigenvalue weighted by molar-refractivity contribution is 5.35. The molecule has 0 saturated carbocycles. The maximum Gasteiger partial charge on any atom is 0.315 e. The third-order valence-corrected chi connectivity index (χ3v) is 4.44. The predicted octanol–water partition coefficient (Wildman–Crippen LogP) is 2.61. The first-order chi connectivity index (χ1) is 8.89. The second-order valence-electron chi connectivity index (χ2n) is 6.47. The van der Waals surface area contributed by atoms with Crippen LogP contribution in [0.15, 0.2) is 24.3 Å².